The maximum Gasteiger partial charge on any atom is 0.264 e. The molecule has 2 atom stereocenters. The minimum absolute atomic E-state index is 0.0272. The SMILES string of the molecule is CC1=NOC(C(=O)NC2CCC3(CC2)CC3Nc2nc(C)cc(C)n2)C1. The first-order valence-electron chi connectivity index (χ1n) is 9.52. The van der Waals surface area contributed by atoms with Gasteiger partial charge >= 0.3 is 0 Å². The lowest BCUT2D eigenvalue weighted by atomic mass is 9.82. The summed E-state index contributed by atoms with van der Waals surface area (Å²) in [6, 6.07) is 2.69. The van der Waals surface area contributed by atoms with Crippen LogP contribution in [-0.4, -0.2) is 39.8 Å². The second-order valence-corrected chi connectivity index (χ2v) is 8.15. The molecule has 2 aliphatic carbocycles. The van der Waals surface area contributed by atoms with E-state index in [1.54, 1.807) is 0 Å². The highest BCUT2D eigenvalue weighted by Gasteiger charge is 2.55. The Balaban J connectivity index is 1.26. The fourth-order valence-corrected chi connectivity index (χ4v) is 4.32. The number of aryl methyl sites for hydroxylation is 2. The van der Waals surface area contributed by atoms with Gasteiger partial charge in [-0.15, -0.1) is 0 Å². The maximum atomic E-state index is 12.3. The van der Waals surface area contributed by atoms with Crippen molar-refractivity contribution in [3.63, 3.8) is 0 Å². The molecule has 2 unspecified atom stereocenters. The third-order valence-electron chi connectivity index (χ3n) is 5.91. The number of nitrogens with zero attached hydrogens (tertiary/aromatic N) is 3. The molecule has 0 saturated heterocycles. The highest BCUT2D eigenvalue weighted by molar-refractivity contribution is 5.91. The summed E-state index contributed by atoms with van der Waals surface area (Å²) in [5, 5.41) is 10.5. The Labute approximate surface area is 154 Å². The first-order valence-corrected chi connectivity index (χ1v) is 9.52. The summed E-state index contributed by atoms with van der Waals surface area (Å²) >= 11 is 0. The Morgan fingerprint density at radius 3 is 2.50 bits per heavy atom. The summed E-state index contributed by atoms with van der Waals surface area (Å²) in [6.45, 7) is 5.88. The van der Waals surface area contributed by atoms with Crippen LogP contribution in [0.15, 0.2) is 11.2 Å². The molecule has 1 aromatic rings. The number of aromatic nitrogens is 2. The van der Waals surface area contributed by atoms with Gasteiger partial charge in [0.05, 0.1) is 5.71 Å². The molecule has 0 radical (unpaired) electrons. The molecule has 7 nitrogen and oxygen atoms in total. The highest BCUT2D eigenvalue weighted by Crippen LogP contribution is 2.57. The van der Waals surface area contributed by atoms with Crippen molar-refractivity contribution in [3.8, 4) is 0 Å². The minimum Gasteiger partial charge on any atom is -0.382 e. The first kappa shape index (κ1) is 17.2. The first-order chi connectivity index (χ1) is 12.4. The van der Waals surface area contributed by atoms with E-state index in [1.165, 1.54) is 6.42 Å². The topological polar surface area (TPSA) is 88.5 Å². The number of amides is 1. The third-order valence-corrected chi connectivity index (χ3v) is 5.91. The van der Waals surface area contributed by atoms with Gasteiger partial charge in [0.25, 0.3) is 5.91 Å². The summed E-state index contributed by atoms with van der Waals surface area (Å²) in [7, 11) is 0. The molecular formula is C19H27N5O2. The standard InChI is InChI=1S/C19H27N5O2/c1-11-8-12(2)21-18(20-11)23-16-10-19(16)6-4-14(5-7-19)22-17(25)15-9-13(3)24-26-15/h8,14-16H,4-7,9-10H2,1-3H3,(H,22,25)(H,20,21,23). The number of carbonyl (C=O) groups excluding carboxylic acids is 1. The van der Waals surface area contributed by atoms with Gasteiger partial charge in [0.2, 0.25) is 12.1 Å². The molecule has 1 aliphatic heterocycles. The Kier molecular flexibility index (Phi) is 4.32. The number of carbonyl (C=O) groups is 1. The molecule has 2 N–H and O–H groups in total. The van der Waals surface area contributed by atoms with E-state index in [-0.39, 0.29) is 11.9 Å². The molecule has 0 aromatic carbocycles. The summed E-state index contributed by atoms with van der Waals surface area (Å²) in [5.41, 5.74) is 3.23. The van der Waals surface area contributed by atoms with E-state index >= 15 is 0 Å². The molecular weight excluding hydrogens is 330 g/mol. The van der Waals surface area contributed by atoms with E-state index in [4.69, 9.17) is 4.84 Å². The fraction of sp³-hybridized carbons (Fsp3) is 0.684. The average molecular weight is 357 g/mol. The van der Waals surface area contributed by atoms with Crippen molar-refractivity contribution in [2.75, 3.05) is 5.32 Å². The lowest BCUT2D eigenvalue weighted by Crippen LogP contribution is -2.43. The van der Waals surface area contributed by atoms with Crippen LogP contribution in [0.3, 0.4) is 0 Å². The predicted octanol–water partition coefficient (Wildman–Crippen LogP) is 2.49. The normalized spacial score (nSPS) is 32.7. The van der Waals surface area contributed by atoms with Gasteiger partial charge in [-0.2, -0.15) is 0 Å². The number of anilines is 1. The largest absolute Gasteiger partial charge is 0.382 e. The van der Waals surface area contributed by atoms with Crippen LogP contribution in [-0.2, 0) is 9.63 Å². The van der Waals surface area contributed by atoms with Crippen LogP contribution in [0.5, 0.6) is 0 Å². The van der Waals surface area contributed by atoms with Gasteiger partial charge in [0.1, 0.15) is 0 Å². The van der Waals surface area contributed by atoms with Crippen LogP contribution in [0.1, 0.15) is 56.8 Å². The van der Waals surface area contributed by atoms with E-state index in [0.29, 0.717) is 17.9 Å². The third kappa shape index (κ3) is 3.52. The molecule has 1 spiro atoms. The molecule has 0 bridgehead atoms. The van der Waals surface area contributed by atoms with Crippen LogP contribution >= 0.6 is 0 Å². The van der Waals surface area contributed by atoms with Gasteiger partial charge in [-0.1, -0.05) is 5.16 Å². The van der Waals surface area contributed by atoms with Gasteiger partial charge in [-0.05, 0) is 64.4 Å². The summed E-state index contributed by atoms with van der Waals surface area (Å²) in [4.78, 5) is 26.4. The highest BCUT2D eigenvalue weighted by atomic mass is 16.6. The number of hydrogen-bond acceptors (Lipinski definition) is 6. The van der Waals surface area contributed by atoms with Gasteiger partial charge in [0.15, 0.2) is 0 Å². The quantitative estimate of drug-likeness (QED) is 0.864. The second kappa shape index (κ2) is 6.52. The van der Waals surface area contributed by atoms with E-state index in [9.17, 15) is 4.79 Å². The van der Waals surface area contributed by atoms with Gasteiger partial charge < -0.3 is 15.5 Å². The monoisotopic (exact) mass is 357 g/mol. The lowest BCUT2D eigenvalue weighted by molar-refractivity contribution is -0.132. The second-order valence-electron chi connectivity index (χ2n) is 8.15. The fourth-order valence-electron chi connectivity index (χ4n) is 4.32. The lowest BCUT2D eigenvalue weighted by Gasteiger charge is -2.30. The predicted molar refractivity (Wildman–Crippen MR) is 99.0 cm³/mol. The van der Waals surface area contributed by atoms with E-state index in [1.807, 2.05) is 26.8 Å². The Morgan fingerprint density at radius 2 is 1.88 bits per heavy atom. The Morgan fingerprint density at radius 1 is 1.19 bits per heavy atom. The van der Waals surface area contributed by atoms with E-state index in [2.05, 4.69) is 25.8 Å². The van der Waals surface area contributed by atoms with Crippen molar-refractivity contribution >= 4 is 17.6 Å². The molecule has 7 heteroatoms. The summed E-state index contributed by atoms with van der Waals surface area (Å²) < 4.78 is 0. The van der Waals surface area contributed by atoms with Crippen molar-refractivity contribution in [2.45, 2.75) is 77.5 Å². The summed E-state index contributed by atoms with van der Waals surface area (Å²) in [5.74, 6) is 0.717. The number of nitrogens with one attached hydrogen (secondary N) is 2. The van der Waals surface area contributed by atoms with Crippen LogP contribution in [0.25, 0.3) is 0 Å². The van der Waals surface area contributed by atoms with Crippen molar-refractivity contribution in [2.24, 2.45) is 10.6 Å². The van der Waals surface area contributed by atoms with Gasteiger partial charge in [0, 0.05) is 29.9 Å². The van der Waals surface area contributed by atoms with Crippen LogP contribution in [0.4, 0.5) is 5.95 Å². The zero-order valence-electron chi connectivity index (χ0n) is 15.7. The van der Waals surface area contributed by atoms with Crippen molar-refractivity contribution in [1.82, 2.24) is 15.3 Å². The van der Waals surface area contributed by atoms with Crippen LogP contribution in [0, 0.1) is 19.3 Å². The zero-order chi connectivity index (χ0) is 18.3. The smallest absolute Gasteiger partial charge is 0.264 e. The number of hydrogen-bond donors (Lipinski definition) is 2. The minimum atomic E-state index is -0.442. The molecule has 4 rings (SSSR count). The molecule has 140 valence electrons. The van der Waals surface area contributed by atoms with Crippen LogP contribution < -0.4 is 10.6 Å². The maximum absolute atomic E-state index is 12.3. The average Bonchev–Trinajstić information content (AvgIpc) is 3.02. The van der Waals surface area contributed by atoms with Crippen molar-refractivity contribution in [3.05, 3.63) is 17.5 Å². The Hall–Kier alpha value is -2.18. The number of oxime groups is 1. The summed E-state index contributed by atoms with van der Waals surface area (Å²) in [6.07, 6.45) is 5.62. The molecule has 2 heterocycles. The van der Waals surface area contributed by atoms with E-state index in [0.717, 1.165) is 48.7 Å². The van der Waals surface area contributed by atoms with Gasteiger partial charge in [-0.3, -0.25) is 4.79 Å². The molecule has 2 fully saturated rings. The van der Waals surface area contributed by atoms with Crippen LogP contribution in [0.2, 0.25) is 0 Å². The molecule has 1 amide bonds. The van der Waals surface area contributed by atoms with Gasteiger partial charge in [-0.25, -0.2) is 9.97 Å². The Bertz CT molecular complexity index is 719. The molecule has 3 aliphatic rings. The van der Waals surface area contributed by atoms with E-state index < -0.39 is 6.10 Å². The molecule has 1 aromatic heterocycles. The van der Waals surface area contributed by atoms with Crippen molar-refractivity contribution < 1.29 is 9.63 Å². The zero-order valence-corrected chi connectivity index (χ0v) is 15.7. The number of rotatable bonds is 4. The van der Waals surface area contributed by atoms with Crippen molar-refractivity contribution in [1.29, 1.82) is 0 Å². The molecule has 26 heavy (non-hydrogen) atoms. The molecule has 2 saturated carbocycles.